The Bertz CT molecular complexity index is 655. The van der Waals surface area contributed by atoms with Gasteiger partial charge in [0.1, 0.15) is 21.7 Å². The highest BCUT2D eigenvalue weighted by molar-refractivity contribution is 7.10. The van der Waals surface area contributed by atoms with Gasteiger partial charge in [-0.15, -0.1) is 5.10 Å². The Labute approximate surface area is 106 Å². The number of aryl methyl sites for hydroxylation is 1. The van der Waals surface area contributed by atoms with Gasteiger partial charge in [0, 0.05) is 17.7 Å². The van der Waals surface area contributed by atoms with Crippen LogP contribution in [0.15, 0.2) is 17.1 Å². The van der Waals surface area contributed by atoms with Crippen LogP contribution in [-0.4, -0.2) is 14.2 Å². The van der Waals surface area contributed by atoms with Crippen LogP contribution in [0.5, 0.6) is 0 Å². The second-order valence-corrected chi connectivity index (χ2v) is 4.77. The first kappa shape index (κ1) is 11.8. The van der Waals surface area contributed by atoms with Crippen LogP contribution in [-0.2, 0) is 6.54 Å². The first-order valence-electron chi connectivity index (χ1n) is 4.70. The number of aromatic nitrogens is 3. The number of rotatable bonds is 2. The summed E-state index contributed by atoms with van der Waals surface area (Å²) in [6.45, 7) is 1.95. The van der Waals surface area contributed by atoms with Crippen molar-refractivity contribution in [2.24, 2.45) is 0 Å². The van der Waals surface area contributed by atoms with E-state index in [4.69, 9.17) is 16.9 Å². The molecule has 0 saturated heterocycles. The molecule has 0 amide bonds. The Morgan fingerprint density at radius 3 is 3.00 bits per heavy atom. The van der Waals surface area contributed by atoms with Crippen LogP contribution >= 0.6 is 23.1 Å². The lowest BCUT2D eigenvalue weighted by molar-refractivity contribution is 0.731. The fraction of sp³-hybridized carbons (Fsp3) is 0.200. The van der Waals surface area contributed by atoms with Gasteiger partial charge in [0.2, 0.25) is 0 Å². The second kappa shape index (κ2) is 4.65. The lowest BCUT2D eigenvalue weighted by Gasteiger charge is -2.05. The summed E-state index contributed by atoms with van der Waals surface area (Å²) in [5.41, 5.74) is 1.01. The van der Waals surface area contributed by atoms with Gasteiger partial charge in [0.25, 0.3) is 5.56 Å². The second-order valence-electron chi connectivity index (χ2n) is 3.41. The molecule has 0 spiro atoms. The first-order chi connectivity index (χ1) is 8.13. The monoisotopic (exact) mass is 266 g/mol. The van der Waals surface area contributed by atoms with E-state index in [2.05, 4.69) is 9.59 Å². The molecule has 5 nitrogen and oxygen atoms in total. The van der Waals surface area contributed by atoms with E-state index in [9.17, 15) is 4.79 Å². The Balaban J connectivity index is 2.46. The van der Waals surface area contributed by atoms with Gasteiger partial charge in [-0.05, 0) is 18.6 Å². The third-order valence-corrected chi connectivity index (χ3v) is 3.30. The molecule has 0 atom stereocenters. The normalized spacial score (nSPS) is 10.2. The smallest absolute Gasteiger partial charge is 0.269 e. The molecule has 86 valence electrons. The van der Waals surface area contributed by atoms with E-state index in [1.807, 2.05) is 6.07 Å². The molecule has 2 aromatic rings. The summed E-state index contributed by atoms with van der Waals surface area (Å²) in [6, 6.07) is 3.61. The third kappa shape index (κ3) is 2.20. The maximum Gasteiger partial charge on any atom is 0.269 e. The van der Waals surface area contributed by atoms with Crippen molar-refractivity contribution in [1.29, 1.82) is 5.26 Å². The van der Waals surface area contributed by atoms with Crippen molar-refractivity contribution >= 4 is 23.1 Å². The molecule has 0 saturated carbocycles. The number of hydrogen-bond donors (Lipinski definition) is 0. The topological polar surface area (TPSA) is 71.6 Å². The largest absolute Gasteiger partial charge is 0.308 e. The molecule has 0 aliphatic heterocycles. The average Bonchev–Trinajstić information content (AvgIpc) is 2.69. The van der Waals surface area contributed by atoms with Crippen molar-refractivity contribution in [2.45, 2.75) is 13.5 Å². The zero-order valence-corrected chi connectivity index (χ0v) is 10.4. The molecule has 2 aromatic heterocycles. The Morgan fingerprint density at radius 2 is 2.41 bits per heavy atom. The zero-order valence-electron chi connectivity index (χ0n) is 8.85. The Hall–Kier alpha value is -1.71. The maximum atomic E-state index is 11.9. The van der Waals surface area contributed by atoms with Crippen molar-refractivity contribution in [3.05, 3.63) is 43.8 Å². The molecule has 0 aliphatic carbocycles. The van der Waals surface area contributed by atoms with Crippen molar-refractivity contribution in [2.75, 3.05) is 0 Å². The van der Waals surface area contributed by atoms with Gasteiger partial charge < -0.3 is 4.57 Å². The highest BCUT2D eigenvalue weighted by atomic mass is 35.5. The fourth-order valence-electron chi connectivity index (χ4n) is 1.38. The molecule has 2 rings (SSSR count). The van der Waals surface area contributed by atoms with E-state index in [0.29, 0.717) is 15.6 Å². The minimum atomic E-state index is -0.337. The van der Waals surface area contributed by atoms with Gasteiger partial charge in [0.05, 0.1) is 6.54 Å². The molecule has 0 aliphatic rings. The van der Waals surface area contributed by atoms with E-state index in [1.54, 1.807) is 19.2 Å². The van der Waals surface area contributed by atoms with Crippen LogP contribution in [0.4, 0.5) is 0 Å². The highest BCUT2D eigenvalue weighted by Gasteiger charge is 2.10. The lowest BCUT2D eigenvalue weighted by atomic mass is 10.2. The van der Waals surface area contributed by atoms with E-state index in [1.165, 1.54) is 4.57 Å². The first-order valence-corrected chi connectivity index (χ1v) is 5.85. The fourth-order valence-corrected chi connectivity index (χ4v) is 1.99. The van der Waals surface area contributed by atoms with Crippen molar-refractivity contribution in [1.82, 2.24) is 14.2 Å². The van der Waals surface area contributed by atoms with E-state index >= 15 is 0 Å². The molecule has 0 N–H and O–H groups in total. The summed E-state index contributed by atoms with van der Waals surface area (Å²) in [5, 5.41) is 12.7. The summed E-state index contributed by atoms with van der Waals surface area (Å²) in [6.07, 6.45) is 1.62. The molecule has 0 radical (unpaired) electrons. The van der Waals surface area contributed by atoms with Crippen LogP contribution in [0, 0.1) is 18.3 Å². The molecule has 2 heterocycles. The van der Waals surface area contributed by atoms with Gasteiger partial charge in [-0.25, -0.2) is 0 Å². The summed E-state index contributed by atoms with van der Waals surface area (Å²) in [5.74, 6) is 0. The standard InChI is InChI=1S/C10H7ClN4OS/c1-6-2-3-15(10(16)7(6)4-12)5-8-9(11)17-14-13-8/h2-3H,5H2,1H3. The predicted molar refractivity (Wildman–Crippen MR) is 64.2 cm³/mol. The predicted octanol–water partition coefficient (Wildman–Crippen LogP) is 1.58. The van der Waals surface area contributed by atoms with E-state index < -0.39 is 0 Å². The van der Waals surface area contributed by atoms with Gasteiger partial charge in [-0.3, -0.25) is 4.79 Å². The minimum absolute atomic E-state index is 0.145. The van der Waals surface area contributed by atoms with Crippen LogP contribution in [0.2, 0.25) is 4.34 Å². The van der Waals surface area contributed by atoms with E-state index in [-0.39, 0.29) is 17.7 Å². The van der Waals surface area contributed by atoms with Crippen LogP contribution in [0.25, 0.3) is 0 Å². The van der Waals surface area contributed by atoms with Crippen molar-refractivity contribution < 1.29 is 0 Å². The summed E-state index contributed by atoms with van der Waals surface area (Å²) in [4.78, 5) is 11.9. The summed E-state index contributed by atoms with van der Waals surface area (Å²) >= 11 is 6.93. The Morgan fingerprint density at radius 1 is 1.65 bits per heavy atom. The van der Waals surface area contributed by atoms with Crippen LogP contribution < -0.4 is 5.56 Å². The number of halogens is 1. The Kier molecular flexibility index (Phi) is 3.22. The quantitative estimate of drug-likeness (QED) is 0.827. The van der Waals surface area contributed by atoms with Gasteiger partial charge in [-0.2, -0.15) is 5.26 Å². The van der Waals surface area contributed by atoms with Crippen molar-refractivity contribution in [3.8, 4) is 6.07 Å². The molecule has 0 bridgehead atoms. The molecule has 7 heteroatoms. The summed E-state index contributed by atoms with van der Waals surface area (Å²) < 4.78 is 5.54. The molecular formula is C10H7ClN4OS. The molecular weight excluding hydrogens is 260 g/mol. The van der Waals surface area contributed by atoms with Crippen molar-refractivity contribution in [3.63, 3.8) is 0 Å². The maximum absolute atomic E-state index is 11.9. The van der Waals surface area contributed by atoms with Gasteiger partial charge in [0.15, 0.2) is 0 Å². The third-order valence-electron chi connectivity index (χ3n) is 2.31. The SMILES string of the molecule is Cc1ccn(Cc2nnsc2Cl)c(=O)c1C#N. The minimum Gasteiger partial charge on any atom is -0.308 e. The lowest BCUT2D eigenvalue weighted by Crippen LogP contribution is -2.23. The van der Waals surface area contributed by atoms with Crippen LogP contribution in [0.1, 0.15) is 16.8 Å². The van der Waals surface area contributed by atoms with Crippen LogP contribution in [0.3, 0.4) is 0 Å². The highest BCUT2D eigenvalue weighted by Crippen LogP contribution is 2.17. The number of hydrogen-bond acceptors (Lipinski definition) is 5. The number of pyridine rings is 1. The summed E-state index contributed by atoms with van der Waals surface area (Å²) in [7, 11) is 0. The van der Waals surface area contributed by atoms with E-state index in [0.717, 1.165) is 11.5 Å². The molecule has 0 fully saturated rings. The molecule has 0 aromatic carbocycles. The number of nitrogens with zero attached hydrogens (tertiary/aromatic N) is 4. The number of nitriles is 1. The van der Waals surface area contributed by atoms with Gasteiger partial charge in [-0.1, -0.05) is 16.1 Å². The molecule has 17 heavy (non-hydrogen) atoms. The molecule has 0 unspecified atom stereocenters. The van der Waals surface area contributed by atoms with Gasteiger partial charge >= 0.3 is 0 Å². The average molecular weight is 267 g/mol. The zero-order chi connectivity index (χ0) is 12.4.